The van der Waals surface area contributed by atoms with Crippen molar-refractivity contribution >= 4 is 17.3 Å². The summed E-state index contributed by atoms with van der Waals surface area (Å²) in [6, 6.07) is 10.9. The highest BCUT2D eigenvalue weighted by Crippen LogP contribution is 2.37. The van der Waals surface area contributed by atoms with Crippen molar-refractivity contribution in [3.05, 3.63) is 77.4 Å². The molecule has 1 amide bonds. The largest absolute Gasteiger partial charge is 0.326 e. The van der Waals surface area contributed by atoms with Crippen molar-refractivity contribution in [2.45, 2.75) is 32.9 Å². The fourth-order valence-corrected chi connectivity index (χ4v) is 3.38. The van der Waals surface area contributed by atoms with E-state index in [9.17, 15) is 18.4 Å². The van der Waals surface area contributed by atoms with Gasteiger partial charge in [-0.05, 0) is 36.3 Å². The van der Waals surface area contributed by atoms with Gasteiger partial charge >= 0.3 is 0 Å². The van der Waals surface area contributed by atoms with Crippen molar-refractivity contribution < 1.29 is 18.4 Å². The molecule has 0 unspecified atom stereocenters. The number of halogens is 2. The number of nitrogens with two attached hydrogens (primary N) is 1. The molecule has 2 aromatic rings. The maximum absolute atomic E-state index is 14.4. The van der Waals surface area contributed by atoms with E-state index < -0.39 is 35.0 Å². The van der Waals surface area contributed by atoms with E-state index in [0.717, 1.165) is 23.8 Å². The zero-order chi connectivity index (χ0) is 21.3. The zero-order valence-electron chi connectivity index (χ0n) is 16.7. The summed E-state index contributed by atoms with van der Waals surface area (Å²) in [7, 11) is 0. The minimum Gasteiger partial charge on any atom is -0.326 e. The second-order valence-corrected chi connectivity index (χ2v) is 7.89. The van der Waals surface area contributed by atoms with Gasteiger partial charge in [-0.15, -0.1) is 0 Å². The van der Waals surface area contributed by atoms with E-state index >= 15 is 0 Å². The number of amides is 1. The maximum atomic E-state index is 14.4. The Labute approximate surface area is 169 Å². The summed E-state index contributed by atoms with van der Waals surface area (Å²) in [6.45, 7) is 4.73. The quantitative estimate of drug-likeness (QED) is 0.832. The lowest BCUT2D eigenvalue weighted by atomic mass is 9.80. The van der Waals surface area contributed by atoms with Crippen LogP contribution in [0.15, 0.2) is 54.6 Å². The Morgan fingerprint density at radius 2 is 1.79 bits per heavy atom. The van der Waals surface area contributed by atoms with Crippen LogP contribution in [0.25, 0.3) is 5.57 Å². The number of Topliss-reactive ketones (excluding diaryl/α,β-unsaturated/α-hetero) is 1. The number of rotatable bonds is 5. The number of nitrogens with zero attached hydrogens (tertiary/aromatic N) is 1. The van der Waals surface area contributed by atoms with Crippen molar-refractivity contribution in [2.75, 3.05) is 6.54 Å². The molecule has 2 atom stereocenters. The maximum Gasteiger partial charge on any atom is 0.241 e. The molecule has 0 spiro atoms. The molecular formula is C23H24F2N2O2. The summed E-state index contributed by atoms with van der Waals surface area (Å²) in [5.41, 5.74) is 6.56. The number of carbonyl (C=O) groups excluding carboxylic acids is 2. The Bertz CT molecular complexity index is 970. The lowest BCUT2D eigenvalue weighted by Gasteiger charge is -2.34. The second-order valence-electron chi connectivity index (χ2n) is 7.89. The predicted molar refractivity (Wildman–Crippen MR) is 108 cm³/mol. The first kappa shape index (κ1) is 20.9. The molecule has 2 aromatic carbocycles. The lowest BCUT2D eigenvalue weighted by molar-refractivity contribution is -0.140. The summed E-state index contributed by atoms with van der Waals surface area (Å²) in [6.07, 6.45) is 1.75. The molecule has 4 nitrogen and oxygen atoms in total. The highest BCUT2D eigenvalue weighted by Gasteiger charge is 2.42. The highest BCUT2D eigenvalue weighted by atomic mass is 19.1. The molecule has 1 heterocycles. The number of benzene rings is 2. The third-order valence-corrected chi connectivity index (χ3v) is 5.69. The second kappa shape index (κ2) is 7.87. The molecular weight excluding hydrogens is 374 g/mol. The molecule has 0 aliphatic carbocycles. The molecule has 0 saturated carbocycles. The van der Waals surface area contributed by atoms with Crippen LogP contribution in [0.1, 0.15) is 37.9 Å². The van der Waals surface area contributed by atoms with Crippen LogP contribution in [-0.2, 0) is 9.59 Å². The molecule has 0 fully saturated rings. The average Bonchev–Trinajstić information content (AvgIpc) is 3.14. The van der Waals surface area contributed by atoms with E-state index in [0.29, 0.717) is 5.57 Å². The molecule has 29 heavy (non-hydrogen) atoms. The van der Waals surface area contributed by atoms with Crippen molar-refractivity contribution in [1.82, 2.24) is 4.90 Å². The molecule has 0 radical (unpaired) electrons. The van der Waals surface area contributed by atoms with Crippen molar-refractivity contribution in [1.29, 1.82) is 0 Å². The van der Waals surface area contributed by atoms with Gasteiger partial charge in [0.05, 0.1) is 12.1 Å². The molecule has 1 aliphatic rings. The van der Waals surface area contributed by atoms with Crippen LogP contribution >= 0.6 is 0 Å². The Balaban J connectivity index is 2.02. The highest BCUT2D eigenvalue weighted by molar-refractivity contribution is 5.94. The smallest absolute Gasteiger partial charge is 0.241 e. The Morgan fingerprint density at radius 3 is 2.41 bits per heavy atom. The van der Waals surface area contributed by atoms with Crippen LogP contribution in [0.5, 0.6) is 0 Å². The van der Waals surface area contributed by atoms with Crippen molar-refractivity contribution in [2.24, 2.45) is 11.1 Å². The normalized spacial score (nSPS) is 17.8. The third-order valence-electron chi connectivity index (χ3n) is 5.69. The van der Waals surface area contributed by atoms with Gasteiger partial charge in [0.25, 0.3) is 0 Å². The third kappa shape index (κ3) is 3.98. The van der Waals surface area contributed by atoms with Crippen LogP contribution in [0.3, 0.4) is 0 Å². The topological polar surface area (TPSA) is 63.4 Å². The first-order chi connectivity index (χ1) is 13.6. The van der Waals surface area contributed by atoms with Gasteiger partial charge < -0.3 is 10.6 Å². The van der Waals surface area contributed by atoms with Gasteiger partial charge in [0, 0.05) is 17.5 Å². The molecule has 6 heteroatoms. The number of hydrogen-bond acceptors (Lipinski definition) is 3. The van der Waals surface area contributed by atoms with E-state index in [4.69, 9.17) is 5.73 Å². The first-order valence-corrected chi connectivity index (χ1v) is 9.41. The summed E-state index contributed by atoms with van der Waals surface area (Å²) in [5, 5.41) is 0. The molecule has 152 valence electrons. The van der Waals surface area contributed by atoms with Gasteiger partial charge in [0.2, 0.25) is 5.91 Å². The van der Waals surface area contributed by atoms with Gasteiger partial charge in [-0.3, -0.25) is 9.59 Å². The number of ketones is 1. The standard InChI is InChI=1S/C23H24F2N2O2/c1-14(28)23(2,3)21(26)22(29)27-13-16(18-12-17(24)9-10-19(18)25)11-20(27)15-7-5-4-6-8-15/h4-12,20-21H,13,26H2,1-3H3/t20-,21+/m0/s1. The summed E-state index contributed by atoms with van der Waals surface area (Å²) >= 11 is 0. The fraction of sp³-hybridized carbons (Fsp3) is 0.304. The van der Waals surface area contributed by atoms with E-state index in [1.54, 1.807) is 19.9 Å². The number of carbonyl (C=O) groups is 2. The van der Waals surface area contributed by atoms with Crippen LogP contribution in [0, 0.1) is 17.0 Å². The molecule has 1 aliphatic heterocycles. The SMILES string of the molecule is CC(=O)C(C)(C)[C@H](N)C(=O)N1CC(c2cc(F)ccc2F)=C[C@H]1c1ccccc1. The van der Waals surface area contributed by atoms with E-state index in [1.807, 2.05) is 30.3 Å². The van der Waals surface area contributed by atoms with Crippen LogP contribution < -0.4 is 5.73 Å². The van der Waals surface area contributed by atoms with Gasteiger partial charge in [-0.1, -0.05) is 50.3 Å². The summed E-state index contributed by atoms with van der Waals surface area (Å²) < 4.78 is 28.1. The first-order valence-electron chi connectivity index (χ1n) is 9.41. The monoisotopic (exact) mass is 398 g/mol. The molecule has 3 rings (SSSR count). The van der Waals surface area contributed by atoms with Crippen molar-refractivity contribution in [3.8, 4) is 0 Å². The van der Waals surface area contributed by atoms with Gasteiger partial charge in [0.1, 0.15) is 17.4 Å². The Morgan fingerprint density at radius 1 is 1.14 bits per heavy atom. The molecule has 0 bridgehead atoms. The van der Waals surface area contributed by atoms with Crippen molar-refractivity contribution in [3.63, 3.8) is 0 Å². The Kier molecular flexibility index (Phi) is 5.66. The van der Waals surface area contributed by atoms with Crippen LogP contribution in [0.4, 0.5) is 8.78 Å². The molecule has 0 saturated heterocycles. The van der Waals surface area contributed by atoms with Crippen LogP contribution in [-0.4, -0.2) is 29.2 Å². The van der Waals surface area contributed by atoms with Gasteiger partial charge in [-0.25, -0.2) is 8.78 Å². The minimum absolute atomic E-state index is 0.0699. The zero-order valence-corrected chi connectivity index (χ0v) is 16.7. The summed E-state index contributed by atoms with van der Waals surface area (Å²) in [4.78, 5) is 26.8. The summed E-state index contributed by atoms with van der Waals surface area (Å²) in [5.74, 6) is -1.73. The van der Waals surface area contributed by atoms with E-state index in [2.05, 4.69) is 0 Å². The lowest BCUT2D eigenvalue weighted by Crippen LogP contribution is -2.53. The fourth-order valence-electron chi connectivity index (χ4n) is 3.38. The molecule has 2 N–H and O–H groups in total. The number of hydrogen-bond donors (Lipinski definition) is 1. The average molecular weight is 398 g/mol. The Hall–Kier alpha value is -2.86. The minimum atomic E-state index is -1.06. The van der Waals surface area contributed by atoms with E-state index in [1.165, 1.54) is 11.8 Å². The van der Waals surface area contributed by atoms with Crippen LogP contribution in [0.2, 0.25) is 0 Å². The van der Waals surface area contributed by atoms with E-state index in [-0.39, 0.29) is 17.9 Å². The molecule has 0 aromatic heterocycles. The van der Waals surface area contributed by atoms with Gasteiger partial charge in [0.15, 0.2) is 0 Å². The predicted octanol–water partition coefficient (Wildman–Crippen LogP) is 3.87. The van der Waals surface area contributed by atoms with Gasteiger partial charge in [-0.2, -0.15) is 0 Å².